The van der Waals surface area contributed by atoms with Crippen LogP contribution in [0, 0.1) is 6.92 Å². The van der Waals surface area contributed by atoms with Crippen molar-refractivity contribution in [1.29, 1.82) is 0 Å². The van der Waals surface area contributed by atoms with Gasteiger partial charge in [0.25, 0.3) is 5.91 Å². The Labute approximate surface area is 143 Å². The number of carbonyl (C=O) groups excluding carboxylic acids is 1. The van der Waals surface area contributed by atoms with Gasteiger partial charge in [0.15, 0.2) is 0 Å². The first-order chi connectivity index (χ1) is 11.5. The quantitative estimate of drug-likeness (QED) is 0.891. The lowest BCUT2D eigenvalue weighted by atomic mass is 9.94. The summed E-state index contributed by atoms with van der Waals surface area (Å²) in [6, 6.07) is 5.55. The summed E-state index contributed by atoms with van der Waals surface area (Å²) in [7, 11) is 0. The third kappa shape index (κ3) is 3.78. The topological polar surface area (TPSA) is 69.6 Å². The number of hydrogen-bond acceptors (Lipinski definition) is 3. The average molecular weight is 330 g/mol. The minimum absolute atomic E-state index is 0.0973. The molecule has 1 unspecified atom stereocenters. The maximum Gasteiger partial charge on any atom is 0.335 e. The normalized spacial score (nSPS) is 22.5. The second-order valence-electron chi connectivity index (χ2n) is 7.08. The molecule has 1 saturated heterocycles. The Morgan fingerprint density at radius 3 is 2.58 bits per heavy atom. The van der Waals surface area contributed by atoms with E-state index in [-0.39, 0.29) is 17.5 Å². The van der Waals surface area contributed by atoms with Gasteiger partial charge in [-0.05, 0) is 49.9 Å². The third-order valence-corrected chi connectivity index (χ3v) is 5.36. The first kappa shape index (κ1) is 17.0. The van der Waals surface area contributed by atoms with E-state index >= 15 is 0 Å². The minimum Gasteiger partial charge on any atom is -0.478 e. The summed E-state index contributed by atoms with van der Waals surface area (Å²) in [4.78, 5) is 26.0. The smallest absolute Gasteiger partial charge is 0.335 e. The molecule has 2 aliphatic rings. The molecule has 1 aromatic carbocycles. The number of carboxylic acid groups (broad SMARTS) is 1. The van der Waals surface area contributed by atoms with Crippen molar-refractivity contribution in [3.05, 3.63) is 34.9 Å². The minimum atomic E-state index is -0.969. The molecule has 1 atom stereocenters. The maximum atomic E-state index is 12.5. The summed E-state index contributed by atoms with van der Waals surface area (Å²) in [5, 5.41) is 12.1. The van der Waals surface area contributed by atoms with Gasteiger partial charge in [-0.15, -0.1) is 0 Å². The van der Waals surface area contributed by atoms with E-state index in [0.29, 0.717) is 17.2 Å². The van der Waals surface area contributed by atoms with Gasteiger partial charge in [-0.1, -0.05) is 19.3 Å². The highest BCUT2D eigenvalue weighted by atomic mass is 16.4. The van der Waals surface area contributed by atoms with Crippen LogP contribution in [0.2, 0.25) is 0 Å². The number of nitrogens with zero attached hydrogens (tertiary/aromatic N) is 1. The van der Waals surface area contributed by atoms with E-state index in [1.54, 1.807) is 19.1 Å². The molecule has 0 bridgehead atoms. The van der Waals surface area contributed by atoms with Gasteiger partial charge in [-0.25, -0.2) is 4.79 Å². The van der Waals surface area contributed by atoms with Crippen LogP contribution in [-0.2, 0) is 0 Å². The van der Waals surface area contributed by atoms with Crippen LogP contribution in [0.1, 0.15) is 64.8 Å². The van der Waals surface area contributed by atoms with Crippen molar-refractivity contribution in [3.63, 3.8) is 0 Å². The molecule has 0 aromatic heterocycles. The van der Waals surface area contributed by atoms with Crippen molar-refractivity contribution in [2.75, 3.05) is 13.1 Å². The van der Waals surface area contributed by atoms with E-state index in [1.165, 1.54) is 38.2 Å². The third-order valence-electron chi connectivity index (χ3n) is 5.36. The van der Waals surface area contributed by atoms with E-state index in [0.717, 1.165) is 19.5 Å². The summed E-state index contributed by atoms with van der Waals surface area (Å²) < 4.78 is 0. The molecule has 0 spiro atoms. The van der Waals surface area contributed by atoms with Crippen LogP contribution in [0.4, 0.5) is 0 Å². The van der Waals surface area contributed by atoms with Crippen LogP contribution in [0.5, 0.6) is 0 Å². The Kier molecular flexibility index (Phi) is 5.19. The SMILES string of the molecule is Cc1cc(C(=O)O)ccc1C(=O)NC1CCN(C2CCCCC2)C1. The predicted octanol–water partition coefficient (Wildman–Crippen LogP) is 2.83. The lowest BCUT2D eigenvalue weighted by Gasteiger charge is -2.31. The van der Waals surface area contributed by atoms with Crippen LogP contribution in [0.15, 0.2) is 18.2 Å². The van der Waals surface area contributed by atoms with Crippen LogP contribution >= 0.6 is 0 Å². The van der Waals surface area contributed by atoms with E-state index in [4.69, 9.17) is 5.11 Å². The summed E-state index contributed by atoms with van der Waals surface area (Å²) in [5.74, 6) is -1.07. The molecule has 5 heteroatoms. The first-order valence-electron chi connectivity index (χ1n) is 8.93. The zero-order chi connectivity index (χ0) is 17.1. The number of benzene rings is 1. The molecule has 1 aromatic rings. The van der Waals surface area contributed by atoms with Gasteiger partial charge < -0.3 is 10.4 Å². The van der Waals surface area contributed by atoms with Crippen molar-refractivity contribution < 1.29 is 14.7 Å². The number of aromatic carboxylic acids is 1. The number of aryl methyl sites for hydroxylation is 1. The Bertz CT molecular complexity index is 623. The van der Waals surface area contributed by atoms with Crippen molar-refractivity contribution >= 4 is 11.9 Å². The second-order valence-corrected chi connectivity index (χ2v) is 7.08. The van der Waals surface area contributed by atoms with Crippen molar-refractivity contribution in [3.8, 4) is 0 Å². The maximum absolute atomic E-state index is 12.5. The molecule has 1 aliphatic carbocycles. The lowest BCUT2D eigenvalue weighted by Crippen LogP contribution is -2.40. The molecule has 2 fully saturated rings. The second kappa shape index (κ2) is 7.34. The summed E-state index contributed by atoms with van der Waals surface area (Å²) in [6.45, 7) is 3.78. The van der Waals surface area contributed by atoms with E-state index in [9.17, 15) is 9.59 Å². The van der Waals surface area contributed by atoms with Crippen LogP contribution < -0.4 is 5.32 Å². The van der Waals surface area contributed by atoms with Crippen molar-refractivity contribution in [1.82, 2.24) is 10.2 Å². The number of carboxylic acids is 1. The summed E-state index contributed by atoms with van der Waals surface area (Å²) in [5.41, 5.74) is 1.49. The fraction of sp³-hybridized carbons (Fsp3) is 0.579. The van der Waals surface area contributed by atoms with Crippen LogP contribution in [0.25, 0.3) is 0 Å². The molecule has 1 saturated carbocycles. The van der Waals surface area contributed by atoms with Gasteiger partial charge in [0.1, 0.15) is 0 Å². The molecule has 1 amide bonds. The van der Waals surface area contributed by atoms with E-state index in [2.05, 4.69) is 10.2 Å². The molecule has 1 aliphatic heterocycles. The highest BCUT2D eigenvalue weighted by Gasteiger charge is 2.30. The average Bonchev–Trinajstić information content (AvgIpc) is 3.03. The number of carbonyl (C=O) groups is 2. The highest BCUT2D eigenvalue weighted by Crippen LogP contribution is 2.25. The van der Waals surface area contributed by atoms with Gasteiger partial charge in [-0.3, -0.25) is 9.69 Å². The Morgan fingerprint density at radius 1 is 1.17 bits per heavy atom. The Hall–Kier alpha value is -1.88. The standard InChI is InChI=1S/C19H26N2O3/c1-13-11-14(19(23)24)7-8-17(13)18(22)20-15-9-10-21(12-15)16-5-3-2-4-6-16/h7-8,11,15-16H,2-6,9-10,12H2,1H3,(H,20,22)(H,23,24). The van der Waals surface area contributed by atoms with Gasteiger partial charge >= 0.3 is 5.97 Å². The van der Waals surface area contributed by atoms with Crippen LogP contribution in [0.3, 0.4) is 0 Å². The van der Waals surface area contributed by atoms with Crippen molar-refractivity contribution in [2.45, 2.75) is 57.5 Å². The van der Waals surface area contributed by atoms with Gasteiger partial charge in [0, 0.05) is 30.7 Å². The molecular formula is C19H26N2O3. The number of likely N-dealkylation sites (tertiary alicyclic amines) is 1. The molecule has 2 N–H and O–H groups in total. The zero-order valence-corrected chi connectivity index (χ0v) is 14.3. The van der Waals surface area contributed by atoms with E-state index in [1.807, 2.05) is 0 Å². The van der Waals surface area contributed by atoms with Crippen LogP contribution in [-0.4, -0.2) is 47.1 Å². The molecule has 130 valence electrons. The molecule has 24 heavy (non-hydrogen) atoms. The lowest BCUT2D eigenvalue weighted by molar-refractivity contribution is 0.0696. The van der Waals surface area contributed by atoms with Crippen molar-refractivity contribution in [2.24, 2.45) is 0 Å². The molecule has 3 rings (SSSR count). The fourth-order valence-corrected chi connectivity index (χ4v) is 4.00. The highest BCUT2D eigenvalue weighted by molar-refractivity contribution is 5.97. The molecule has 1 heterocycles. The van der Waals surface area contributed by atoms with Gasteiger partial charge in [0.2, 0.25) is 0 Å². The number of nitrogens with one attached hydrogen (secondary N) is 1. The summed E-state index contributed by atoms with van der Waals surface area (Å²) >= 11 is 0. The number of rotatable bonds is 4. The van der Waals surface area contributed by atoms with Gasteiger partial charge in [-0.2, -0.15) is 0 Å². The fourth-order valence-electron chi connectivity index (χ4n) is 4.00. The Morgan fingerprint density at radius 2 is 1.92 bits per heavy atom. The molecule has 0 radical (unpaired) electrons. The number of amides is 1. The monoisotopic (exact) mass is 330 g/mol. The predicted molar refractivity (Wildman–Crippen MR) is 92.5 cm³/mol. The summed E-state index contributed by atoms with van der Waals surface area (Å²) in [6.07, 6.45) is 7.58. The largest absolute Gasteiger partial charge is 0.478 e. The first-order valence-corrected chi connectivity index (χ1v) is 8.93. The number of hydrogen-bond donors (Lipinski definition) is 2. The molecular weight excluding hydrogens is 304 g/mol. The molecule has 5 nitrogen and oxygen atoms in total. The zero-order valence-electron chi connectivity index (χ0n) is 14.3. The van der Waals surface area contributed by atoms with Gasteiger partial charge in [0.05, 0.1) is 5.56 Å². The Balaban J connectivity index is 1.58. The van der Waals surface area contributed by atoms with E-state index < -0.39 is 5.97 Å².